The van der Waals surface area contributed by atoms with Gasteiger partial charge in [-0.2, -0.15) is 0 Å². The van der Waals surface area contributed by atoms with Gasteiger partial charge in [0.15, 0.2) is 0 Å². The molecule has 1 unspecified atom stereocenters. The molecule has 208 valence electrons. The highest BCUT2D eigenvalue weighted by atomic mass is 16.5. The first-order valence-corrected chi connectivity index (χ1v) is 13.6. The van der Waals surface area contributed by atoms with Crippen LogP contribution in [0.2, 0.25) is 0 Å². The Labute approximate surface area is 230 Å². The van der Waals surface area contributed by atoms with Crippen LogP contribution in [-0.2, 0) is 14.4 Å². The van der Waals surface area contributed by atoms with E-state index in [1.807, 2.05) is 36.4 Å². The highest BCUT2D eigenvalue weighted by Gasteiger charge is 2.26. The monoisotopic (exact) mass is 534 g/mol. The quantitative estimate of drug-likeness (QED) is 0.281. The maximum atomic E-state index is 13.2. The fraction of sp³-hybridized carbons (Fsp3) is 0.467. The number of nitrogens with one attached hydrogen (secondary N) is 4. The SMILES string of the molecule is CNC(=O)C(C)NC1=CCC(=C=[N+]2C(=N)CC[C@@H](CNO)C[C@@H](c3ccccc3)CCC(=O)CCC2=O)C=C1. The van der Waals surface area contributed by atoms with Gasteiger partial charge < -0.3 is 15.8 Å². The van der Waals surface area contributed by atoms with Crippen molar-refractivity contribution in [2.75, 3.05) is 13.6 Å². The second kappa shape index (κ2) is 15.1. The smallest absolute Gasteiger partial charge is 0.322 e. The molecule has 0 saturated carbocycles. The predicted octanol–water partition coefficient (Wildman–Crippen LogP) is 3.36. The average Bonchev–Trinajstić information content (AvgIpc) is 2.96. The van der Waals surface area contributed by atoms with Crippen molar-refractivity contribution in [3.63, 3.8) is 0 Å². The van der Waals surface area contributed by atoms with Gasteiger partial charge in [0.2, 0.25) is 5.91 Å². The van der Waals surface area contributed by atoms with Gasteiger partial charge in [-0.3, -0.25) is 9.59 Å². The Morgan fingerprint density at radius 1 is 1.13 bits per heavy atom. The summed E-state index contributed by atoms with van der Waals surface area (Å²) in [5.41, 5.74) is 4.96. The fourth-order valence-electron chi connectivity index (χ4n) is 4.94. The van der Waals surface area contributed by atoms with Gasteiger partial charge in [-0.15, -0.1) is 9.98 Å². The third-order valence-electron chi connectivity index (χ3n) is 7.25. The molecular weight excluding hydrogens is 494 g/mol. The number of amidine groups is 1. The molecule has 1 aromatic rings. The number of carbonyl (C=O) groups excluding carboxylic acids is 3. The number of ketones is 1. The van der Waals surface area contributed by atoms with Crippen LogP contribution in [0.5, 0.6) is 0 Å². The number of allylic oxidation sites excluding steroid dienone is 4. The molecule has 39 heavy (non-hydrogen) atoms. The highest BCUT2D eigenvalue weighted by Crippen LogP contribution is 2.31. The molecule has 1 aromatic carbocycles. The van der Waals surface area contributed by atoms with Crippen LogP contribution in [0.4, 0.5) is 0 Å². The predicted molar refractivity (Wildman–Crippen MR) is 150 cm³/mol. The third-order valence-corrected chi connectivity index (χ3v) is 7.25. The molecule has 1 saturated heterocycles. The van der Waals surface area contributed by atoms with Crippen molar-refractivity contribution >= 4 is 29.3 Å². The van der Waals surface area contributed by atoms with E-state index in [9.17, 15) is 19.6 Å². The maximum Gasteiger partial charge on any atom is 0.322 e. The van der Waals surface area contributed by atoms with E-state index in [4.69, 9.17) is 5.41 Å². The summed E-state index contributed by atoms with van der Waals surface area (Å²) in [6, 6.07) is 9.69. The Morgan fingerprint density at radius 3 is 2.56 bits per heavy atom. The summed E-state index contributed by atoms with van der Waals surface area (Å²) in [6.45, 7) is 2.13. The molecule has 1 aliphatic heterocycles. The number of rotatable bonds is 6. The van der Waals surface area contributed by atoms with Gasteiger partial charge in [-0.1, -0.05) is 36.4 Å². The van der Waals surface area contributed by atoms with Gasteiger partial charge in [0, 0.05) is 44.1 Å². The minimum absolute atomic E-state index is 0.0229. The molecule has 5 N–H and O–H groups in total. The van der Waals surface area contributed by atoms with Crippen molar-refractivity contribution in [1.82, 2.24) is 16.1 Å². The van der Waals surface area contributed by atoms with E-state index < -0.39 is 6.04 Å². The number of hydroxylamine groups is 1. The zero-order valence-electron chi connectivity index (χ0n) is 22.8. The lowest BCUT2D eigenvalue weighted by Crippen LogP contribution is -2.39. The molecule has 3 rings (SSSR count). The van der Waals surface area contributed by atoms with Gasteiger partial charge in [0.05, 0.1) is 18.7 Å². The van der Waals surface area contributed by atoms with E-state index in [1.165, 1.54) is 4.58 Å². The molecule has 0 bridgehead atoms. The zero-order chi connectivity index (χ0) is 28.2. The summed E-state index contributed by atoms with van der Waals surface area (Å²) >= 11 is 0. The Balaban J connectivity index is 1.82. The topological polar surface area (TPSA) is 134 Å². The normalized spacial score (nSPS) is 22.1. The van der Waals surface area contributed by atoms with Crippen LogP contribution < -0.4 is 16.1 Å². The van der Waals surface area contributed by atoms with Crippen molar-refractivity contribution in [3.05, 3.63) is 65.4 Å². The average molecular weight is 535 g/mol. The van der Waals surface area contributed by atoms with E-state index >= 15 is 0 Å². The Kier molecular flexibility index (Phi) is 11.6. The van der Waals surface area contributed by atoms with Crippen molar-refractivity contribution < 1.29 is 24.2 Å². The summed E-state index contributed by atoms with van der Waals surface area (Å²) in [5.74, 6) is 2.99. The highest BCUT2D eigenvalue weighted by molar-refractivity contribution is 5.90. The Bertz CT molecular complexity index is 1180. The lowest BCUT2D eigenvalue weighted by atomic mass is 9.83. The van der Waals surface area contributed by atoms with Crippen molar-refractivity contribution in [1.29, 1.82) is 5.41 Å². The van der Waals surface area contributed by atoms with Crippen LogP contribution in [0.25, 0.3) is 0 Å². The maximum absolute atomic E-state index is 13.2. The first-order valence-electron chi connectivity index (χ1n) is 13.6. The number of amides is 2. The summed E-state index contributed by atoms with van der Waals surface area (Å²) < 4.78 is 1.25. The number of benzene rings is 1. The standard InChI is InChI=1S/C30H39N5O4/c1-21(30(38)32-2)34-26-12-8-22(9-13-26)20-35-28(31)16-10-23(19-33-39)18-25(24-6-4-3-5-7-24)11-14-27(36)15-17-29(35)37/h3-8,12-13,21,23,25,31,33-34,39H,9-11,14-19H2,1-2H3/p+1/t21?,23-,25+/m1/s1. The second-order valence-corrected chi connectivity index (χ2v) is 10.2. The largest absolute Gasteiger partial charge is 0.374 e. The van der Waals surface area contributed by atoms with E-state index in [0.29, 0.717) is 38.6 Å². The van der Waals surface area contributed by atoms with Crippen LogP contribution in [0.1, 0.15) is 69.8 Å². The van der Waals surface area contributed by atoms with E-state index in [0.717, 1.165) is 23.3 Å². The number of likely N-dealkylation sites (N-methyl/N-ethyl adjacent to an activating group) is 1. The summed E-state index contributed by atoms with van der Waals surface area (Å²) in [4.78, 5) is 37.7. The summed E-state index contributed by atoms with van der Waals surface area (Å²) in [5, 5.41) is 23.9. The molecule has 9 heteroatoms. The Hall–Kier alpha value is -3.65. The lowest BCUT2D eigenvalue weighted by Gasteiger charge is -2.23. The molecule has 0 aromatic heterocycles. The van der Waals surface area contributed by atoms with Crippen molar-refractivity contribution in [2.24, 2.45) is 5.92 Å². The first-order chi connectivity index (χ1) is 18.8. The molecule has 1 heterocycles. The van der Waals surface area contributed by atoms with Gasteiger partial charge in [0.1, 0.15) is 11.8 Å². The fourth-order valence-corrected chi connectivity index (χ4v) is 4.94. The number of carbonyl (C=O) groups is 3. The summed E-state index contributed by atoms with van der Waals surface area (Å²) in [7, 11) is 1.59. The van der Waals surface area contributed by atoms with Crippen LogP contribution in [0.15, 0.2) is 59.8 Å². The molecule has 1 aliphatic carbocycles. The lowest BCUT2D eigenvalue weighted by molar-refractivity contribution is -0.337. The first kappa shape index (κ1) is 29.9. The van der Waals surface area contributed by atoms with Crippen molar-refractivity contribution in [2.45, 2.75) is 70.3 Å². The molecule has 0 radical (unpaired) electrons. The van der Waals surface area contributed by atoms with Crippen LogP contribution in [0.3, 0.4) is 0 Å². The van der Waals surface area contributed by atoms with Gasteiger partial charge in [0.25, 0.3) is 0 Å². The second-order valence-electron chi connectivity index (χ2n) is 10.2. The Morgan fingerprint density at radius 2 is 1.90 bits per heavy atom. The number of hydrogen-bond donors (Lipinski definition) is 5. The van der Waals surface area contributed by atoms with Gasteiger partial charge in [-0.25, -0.2) is 10.3 Å². The molecule has 2 amide bonds. The number of hydrogen-bond acceptors (Lipinski definition) is 7. The molecule has 1 fully saturated rings. The zero-order valence-corrected chi connectivity index (χ0v) is 22.8. The molecular formula is C30H40N5O4+. The van der Waals surface area contributed by atoms with E-state index in [1.54, 1.807) is 14.0 Å². The van der Waals surface area contributed by atoms with Crippen LogP contribution >= 0.6 is 0 Å². The van der Waals surface area contributed by atoms with Crippen LogP contribution in [0, 0.1) is 11.3 Å². The minimum Gasteiger partial charge on any atom is -0.374 e. The van der Waals surface area contributed by atoms with E-state index in [-0.39, 0.29) is 48.1 Å². The van der Waals surface area contributed by atoms with Crippen LogP contribution in [-0.4, -0.2) is 58.7 Å². The van der Waals surface area contributed by atoms with Crippen molar-refractivity contribution in [3.8, 4) is 0 Å². The van der Waals surface area contributed by atoms with Gasteiger partial charge in [-0.05, 0) is 55.7 Å². The van der Waals surface area contributed by atoms with Gasteiger partial charge >= 0.3 is 11.7 Å². The summed E-state index contributed by atoms with van der Waals surface area (Å²) in [6.07, 6.45) is 8.93. The number of nitrogens with zero attached hydrogens (tertiary/aromatic N) is 1. The number of Topliss-reactive ketones (excluding diaryl/α,β-unsaturated/α-hetero) is 1. The molecule has 2 aliphatic rings. The molecule has 9 nitrogen and oxygen atoms in total. The minimum atomic E-state index is -0.394. The molecule has 0 spiro atoms. The van der Waals surface area contributed by atoms with E-state index in [2.05, 4.69) is 34.1 Å². The third kappa shape index (κ3) is 9.25. The molecule has 3 atom stereocenters.